The van der Waals surface area contributed by atoms with Gasteiger partial charge in [-0.3, -0.25) is 0 Å². The first kappa shape index (κ1) is 16.9. The summed E-state index contributed by atoms with van der Waals surface area (Å²) in [5.74, 6) is 0.430. The fourth-order valence-electron chi connectivity index (χ4n) is 2.81. The van der Waals surface area contributed by atoms with Crippen LogP contribution in [0.25, 0.3) is 0 Å². The molecule has 0 radical (unpaired) electrons. The lowest BCUT2D eigenvalue weighted by Gasteiger charge is -2.24. The molecule has 4 nitrogen and oxygen atoms in total. The maximum absolute atomic E-state index is 12.9. The van der Waals surface area contributed by atoms with Gasteiger partial charge < -0.3 is 4.74 Å². The van der Waals surface area contributed by atoms with E-state index in [4.69, 9.17) is 27.9 Å². The Bertz CT molecular complexity index is 619. The summed E-state index contributed by atoms with van der Waals surface area (Å²) < 4.78 is 32.7. The molecule has 1 aliphatic heterocycles. The van der Waals surface area contributed by atoms with Crippen LogP contribution in [0.2, 0.25) is 5.02 Å². The van der Waals surface area contributed by atoms with E-state index in [1.165, 1.54) is 13.2 Å². The Labute approximate surface area is 136 Å². The highest BCUT2D eigenvalue weighted by Gasteiger charge is 2.36. The minimum Gasteiger partial charge on any atom is -0.495 e. The molecule has 1 atom stereocenters. The van der Waals surface area contributed by atoms with Crippen molar-refractivity contribution in [2.75, 3.05) is 13.7 Å². The van der Waals surface area contributed by atoms with E-state index in [1.807, 2.05) is 6.92 Å². The van der Waals surface area contributed by atoms with Crippen LogP contribution >= 0.6 is 23.2 Å². The second-order valence-corrected chi connectivity index (χ2v) is 7.61. The highest BCUT2D eigenvalue weighted by Crippen LogP contribution is 2.37. The first-order valence-electron chi connectivity index (χ1n) is 6.89. The third-order valence-corrected chi connectivity index (χ3v) is 6.29. The molecule has 0 aliphatic carbocycles. The second-order valence-electron chi connectivity index (χ2n) is 5.05. The minimum atomic E-state index is -3.63. The van der Waals surface area contributed by atoms with Gasteiger partial charge in [0.1, 0.15) is 10.6 Å². The van der Waals surface area contributed by atoms with Gasteiger partial charge in [-0.1, -0.05) is 18.5 Å². The Morgan fingerprint density at radius 3 is 2.71 bits per heavy atom. The van der Waals surface area contributed by atoms with E-state index in [1.54, 1.807) is 10.4 Å². The van der Waals surface area contributed by atoms with E-state index in [2.05, 4.69) is 0 Å². The van der Waals surface area contributed by atoms with E-state index in [0.717, 1.165) is 19.3 Å². The van der Waals surface area contributed by atoms with Crippen LogP contribution in [0.15, 0.2) is 17.0 Å². The van der Waals surface area contributed by atoms with Gasteiger partial charge >= 0.3 is 0 Å². The third-order valence-electron chi connectivity index (χ3n) is 3.83. The van der Waals surface area contributed by atoms with Crippen LogP contribution in [0.5, 0.6) is 5.75 Å². The molecule has 0 bridgehead atoms. The van der Waals surface area contributed by atoms with Crippen molar-refractivity contribution in [2.24, 2.45) is 0 Å². The Morgan fingerprint density at radius 2 is 2.14 bits per heavy atom. The summed E-state index contributed by atoms with van der Waals surface area (Å²) in [7, 11) is -2.19. The number of sulfonamides is 1. The highest BCUT2D eigenvalue weighted by atomic mass is 35.5. The fourth-order valence-corrected chi connectivity index (χ4v) is 5.30. The van der Waals surface area contributed by atoms with Crippen molar-refractivity contribution in [3.63, 3.8) is 0 Å². The van der Waals surface area contributed by atoms with E-state index in [0.29, 0.717) is 17.1 Å². The zero-order valence-electron chi connectivity index (χ0n) is 12.1. The molecule has 1 saturated heterocycles. The van der Waals surface area contributed by atoms with Crippen LogP contribution in [0, 0.1) is 0 Å². The molecular formula is C14H19Cl2NO3S. The van der Waals surface area contributed by atoms with Crippen LogP contribution < -0.4 is 4.74 Å². The number of methoxy groups -OCH3 is 1. The lowest BCUT2D eigenvalue weighted by molar-refractivity contribution is 0.369. The van der Waals surface area contributed by atoms with Crippen molar-refractivity contribution in [2.45, 2.75) is 43.0 Å². The monoisotopic (exact) mass is 351 g/mol. The maximum atomic E-state index is 12.9. The van der Waals surface area contributed by atoms with Gasteiger partial charge in [0, 0.05) is 23.2 Å². The predicted molar refractivity (Wildman–Crippen MR) is 84.8 cm³/mol. The van der Waals surface area contributed by atoms with Gasteiger partial charge in [-0.15, -0.1) is 11.6 Å². The maximum Gasteiger partial charge on any atom is 0.247 e. The number of hydrogen-bond donors (Lipinski definition) is 0. The molecule has 0 N–H and O–H groups in total. The highest BCUT2D eigenvalue weighted by molar-refractivity contribution is 7.89. The number of nitrogens with zero attached hydrogens (tertiary/aromatic N) is 1. The molecule has 1 fully saturated rings. The third kappa shape index (κ3) is 3.16. The molecule has 0 aromatic heterocycles. The van der Waals surface area contributed by atoms with Crippen LogP contribution in [0.1, 0.15) is 31.7 Å². The average Bonchev–Trinajstić information content (AvgIpc) is 2.95. The standard InChI is InChI=1S/C14H19Cl2NO3S/c1-3-12-5-4-6-17(12)21(18,19)13-8-11(16)7-10(9-15)14(13)20-2/h7-8,12H,3-6,9H2,1-2H3. The summed E-state index contributed by atoms with van der Waals surface area (Å²) in [5, 5.41) is 0.345. The van der Waals surface area contributed by atoms with Gasteiger partial charge in [0.25, 0.3) is 0 Å². The number of hydrogen-bond acceptors (Lipinski definition) is 3. The molecule has 1 aliphatic rings. The quantitative estimate of drug-likeness (QED) is 0.760. The molecular weight excluding hydrogens is 333 g/mol. The lowest BCUT2D eigenvalue weighted by atomic mass is 10.2. The zero-order valence-corrected chi connectivity index (χ0v) is 14.4. The van der Waals surface area contributed by atoms with Crippen molar-refractivity contribution in [3.05, 3.63) is 22.7 Å². The summed E-state index contributed by atoms with van der Waals surface area (Å²) in [5.41, 5.74) is 0.581. The van der Waals surface area contributed by atoms with E-state index < -0.39 is 10.0 Å². The SMILES string of the molecule is CCC1CCCN1S(=O)(=O)c1cc(Cl)cc(CCl)c1OC. The van der Waals surface area contributed by atoms with Crippen LogP contribution in [0.3, 0.4) is 0 Å². The Kier molecular flexibility index (Phi) is 5.41. The van der Waals surface area contributed by atoms with E-state index in [9.17, 15) is 8.42 Å². The van der Waals surface area contributed by atoms with Crippen molar-refractivity contribution < 1.29 is 13.2 Å². The van der Waals surface area contributed by atoms with Crippen molar-refractivity contribution >= 4 is 33.2 Å². The molecule has 1 heterocycles. The van der Waals surface area contributed by atoms with E-state index >= 15 is 0 Å². The van der Waals surface area contributed by atoms with Gasteiger partial charge in [-0.05, 0) is 31.4 Å². The Balaban J connectivity index is 2.56. The van der Waals surface area contributed by atoms with Crippen LogP contribution in [-0.2, 0) is 15.9 Å². The lowest BCUT2D eigenvalue weighted by Crippen LogP contribution is -2.35. The molecule has 7 heteroatoms. The molecule has 1 unspecified atom stereocenters. The zero-order chi connectivity index (χ0) is 15.6. The van der Waals surface area contributed by atoms with Gasteiger partial charge in [-0.2, -0.15) is 4.31 Å². The van der Waals surface area contributed by atoms with Gasteiger partial charge in [-0.25, -0.2) is 8.42 Å². The molecule has 0 saturated carbocycles. The Hall–Kier alpha value is -0.490. The molecule has 1 aromatic carbocycles. The largest absolute Gasteiger partial charge is 0.495 e. The summed E-state index contributed by atoms with van der Waals surface area (Å²) in [4.78, 5) is 0.105. The van der Waals surface area contributed by atoms with Crippen LogP contribution in [-0.4, -0.2) is 32.4 Å². The fraction of sp³-hybridized carbons (Fsp3) is 0.571. The molecule has 0 spiro atoms. The summed E-state index contributed by atoms with van der Waals surface area (Å²) in [6.07, 6.45) is 2.56. The number of benzene rings is 1. The number of rotatable bonds is 5. The molecule has 1 aromatic rings. The van der Waals surface area contributed by atoms with Gasteiger partial charge in [0.2, 0.25) is 10.0 Å². The van der Waals surface area contributed by atoms with Crippen molar-refractivity contribution in [1.29, 1.82) is 0 Å². The summed E-state index contributed by atoms with van der Waals surface area (Å²) >= 11 is 11.9. The van der Waals surface area contributed by atoms with Crippen LogP contribution in [0.4, 0.5) is 0 Å². The molecule has 0 amide bonds. The van der Waals surface area contributed by atoms with Crippen molar-refractivity contribution in [1.82, 2.24) is 4.31 Å². The summed E-state index contributed by atoms with van der Waals surface area (Å²) in [6, 6.07) is 3.11. The number of alkyl halides is 1. The molecule has 118 valence electrons. The topological polar surface area (TPSA) is 46.6 Å². The summed E-state index contributed by atoms with van der Waals surface area (Å²) in [6.45, 7) is 2.53. The predicted octanol–water partition coefficient (Wildman–Crippen LogP) is 3.65. The second kappa shape index (κ2) is 6.73. The Morgan fingerprint density at radius 1 is 1.43 bits per heavy atom. The molecule has 21 heavy (non-hydrogen) atoms. The van der Waals surface area contributed by atoms with Gasteiger partial charge in [0.05, 0.1) is 13.0 Å². The first-order valence-corrected chi connectivity index (χ1v) is 9.25. The minimum absolute atomic E-state index is 0.0399. The van der Waals surface area contributed by atoms with E-state index in [-0.39, 0.29) is 22.6 Å². The smallest absolute Gasteiger partial charge is 0.247 e. The normalized spacial score (nSPS) is 19.9. The number of halogens is 2. The first-order chi connectivity index (χ1) is 9.95. The average molecular weight is 352 g/mol. The molecule has 2 rings (SSSR count). The van der Waals surface area contributed by atoms with Gasteiger partial charge in [0.15, 0.2) is 0 Å². The van der Waals surface area contributed by atoms with Crippen molar-refractivity contribution in [3.8, 4) is 5.75 Å². The number of ether oxygens (including phenoxy) is 1.